The molecule has 3 nitrogen and oxygen atoms in total. The van der Waals surface area contributed by atoms with Gasteiger partial charge in [0.05, 0.1) is 23.4 Å². The van der Waals surface area contributed by atoms with Gasteiger partial charge in [0.15, 0.2) is 0 Å². The van der Waals surface area contributed by atoms with Crippen LogP contribution in [0, 0.1) is 12.7 Å². The van der Waals surface area contributed by atoms with E-state index >= 15 is 0 Å². The number of aryl methyl sites for hydroxylation is 1. The number of aromatic nitrogens is 2. The van der Waals surface area contributed by atoms with Crippen LogP contribution < -0.4 is 0 Å². The molecule has 0 bridgehead atoms. The summed E-state index contributed by atoms with van der Waals surface area (Å²) in [4.78, 5) is 0. The maximum atomic E-state index is 14.0. The summed E-state index contributed by atoms with van der Waals surface area (Å²) in [6, 6.07) is 7.38. The zero-order valence-corrected chi connectivity index (χ0v) is 15.2. The maximum absolute atomic E-state index is 14.0. The molecular formula is C20H20F4N2O. The first-order valence-corrected chi connectivity index (χ1v) is 8.61. The predicted octanol–water partition coefficient (Wildman–Crippen LogP) is 5.04. The average molecular weight is 380 g/mol. The Morgan fingerprint density at radius 3 is 2.22 bits per heavy atom. The highest BCUT2D eigenvalue weighted by Gasteiger charge is 2.40. The largest absolute Gasteiger partial charge is 0.416 e. The summed E-state index contributed by atoms with van der Waals surface area (Å²) in [5.41, 5.74) is -0.255. The van der Waals surface area contributed by atoms with Crippen LogP contribution in [-0.2, 0) is 11.7 Å². The summed E-state index contributed by atoms with van der Waals surface area (Å²) in [6.07, 6.45) is -3.49. The van der Waals surface area contributed by atoms with E-state index in [0.29, 0.717) is 23.1 Å². The molecule has 1 N–H and O–H groups in total. The van der Waals surface area contributed by atoms with Crippen LogP contribution in [-0.4, -0.2) is 21.0 Å². The molecule has 0 aliphatic carbocycles. The van der Waals surface area contributed by atoms with Gasteiger partial charge < -0.3 is 5.11 Å². The van der Waals surface area contributed by atoms with Crippen LogP contribution in [0.3, 0.4) is 0 Å². The lowest BCUT2D eigenvalue weighted by Gasteiger charge is -2.37. The van der Waals surface area contributed by atoms with Gasteiger partial charge in [0.1, 0.15) is 11.4 Å². The minimum absolute atomic E-state index is 0.350. The first kappa shape index (κ1) is 19.4. The molecule has 2 atom stereocenters. The molecule has 144 valence electrons. The van der Waals surface area contributed by atoms with Gasteiger partial charge in [-0.2, -0.15) is 18.3 Å². The van der Waals surface area contributed by atoms with Crippen molar-refractivity contribution in [2.45, 2.75) is 45.0 Å². The number of rotatable bonds is 4. The Kier molecular flexibility index (Phi) is 4.76. The number of halogens is 4. The molecule has 1 aromatic heterocycles. The van der Waals surface area contributed by atoms with Crippen molar-refractivity contribution in [1.29, 1.82) is 0 Å². The molecule has 27 heavy (non-hydrogen) atoms. The molecule has 0 amide bonds. The Morgan fingerprint density at radius 1 is 1.11 bits per heavy atom. The van der Waals surface area contributed by atoms with Crippen molar-refractivity contribution in [2.75, 3.05) is 0 Å². The molecule has 0 aliphatic rings. The van der Waals surface area contributed by atoms with E-state index in [1.54, 1.807) is 20.0 Å². The summed E-state index contributed by atoms with van der Waals surface area (Å²) in [6.45, 7) is 5.12. The van der Waals surface area contributed by atoms with Crippen molar-refractivity contribution < 1.29 is 22.7 Å². The number of benzene rings is 2. The molecule has 1 heterocycles. The van der Waals surface area contributed by atoms with Crippen molar-refractivity contribution in [3.05, 3.63) is 65.1 Å². The minimum Gasteiger partial charge on any atom is -0.391 e. The number of nitrogens with zero attached hydrogens (tertiary/aromatic N) is 2. The highest BCUT2D eigenvalue weighted by Crippen LogP contribution is 2.38. The van der Waals surface area contributed by atoms with Crippen molar-refractivity contribution in [3.63, 3.8) is 0 Å². The normalized spacial score (nSPS) is 15.7. The van der Waals surface area contributed by atoms with E-state index in [2.05, 4.69) is 5.10 Å². The summed E-state index contributed by atoms with van der Waals surface area (Å²) in [7, 11) is 0. The number of hydrogen-bond donors (Lipinski definition) is 1. The summed E-state index contributed by atoms with van der Waals surface area (Å²) in [5, 5.41) is 15.7. The Bertz CT molecular complexity index is 961. The summed E-state index contributed by atoms with van der Waals surface area (Å²) < 4.78 is 54.3. The average Bonchev–Trinajstić information content (AvgIpc) is 3.00. The number of alkyl halides is 3. The van der Waals surface area contributed by atoms with Crippen molar-refractivity contribution in [3.8, 4) is 0 Å². The van der Waals surface area contributed by atoms with Crippen LogP contribution in [0.5, 0.6) is 0 Å². The molecule has 2 unspecified atom stereocenters. The van der Waals surface area contributed by atoms with Gasteiger partial charge in [-0.3, -0.25) is 4.68 Å². The highest BCUT2D eigenvalue weighted by molar-refractivity contribution is 5.82. The summed E-state index contributed by atoms with van der Waals surface area (Å²) in [5.74, 6) is -0.440. The SMILES string of the molecule is CCC(c1ccc(C(F)(F)F)cc1)(C(C)O)n1ncc2c(C)cc(F)cc21. The van der Waals surface area contributed by atoms with Gasteiger partial charge >= 0.3 is 6.18 Å². The minimum atomic E-state index is -4.45. The van der Waals surface area contributed by atoms with E-state index in [0.717, 1.165) is 17.5 Å². The third-order valence-electron chi connectivity index (χ3n) is 5.18. The van der Waals surface area contributed by atoms with E-state index in [-0.39, 0.29) is 0 Å². The quantitative estimate of drug-likeness (QED) is 0.644. The van der Waals surface area contributed by atoms with Gasteiger partial charge in [-0.15, -0.1) is 0 Å². The van der Waals surface area contributed by atoms with Crippen LogP contribution in [0.25, 0.3) is 10.9 Å². The first-order chi connectivity index (χ1) is 12.6. The molecule has 7 heteroatoms. The molecule has 3 rings (SSSR count). The molecule has 0 aliphatic heterocycles. The number of aliphatic hydroxyl groups is 1. The van der Waals surface area contributed by atoms with E-state index in [4.69, 9.17) is 0 Å². The monoisotopic (exact) mass is 380 g/mol. The van der Waals surface area contributed by atoms with Crippen molar-refractivity contribution in [2.24, 2.45) is 0 Å². The maximum Gasteiger partial charge on any atom is 0.416 e. The van der Waals surface area contributed by atoms with Crippen LogP contribution in [0.15, 0.2) is 42.6 Å². The topological polar surface area (TPSA) is 38.0 Å². The molecule has 0 fully saturated rings. The van der Waals surface area contributed by atoms with Gasteiger partial charge in [0.2, 0.25) is 0 Å². The lowest BCUT2D eigenvalue weighted by Crippen LogP contribution is -2.45. The second-order valence-electron chi connectivity index (χ2n) is 6.74. The zero-order valence-electron chi connectivity index (χ0n) is 15.2. The van der Waals surface area contributed by atoms with Crippen LogP contribution in [0.1, 0.15) is 37.0 Å². The fourth-order valence-corrected chi connectivity index (χ4v) is 3.71. The first-order valence-electron chi connectivity index (χ1n) is 8.61. The van der Waals surface area contributed by atoms with E-state index in [9.17, 15) is 22.7 Å². The molecule has 3 aromatic rings. The van der Waals surface area contributed by atoms with Gasteiger partial charge in [-0.1, -0.05) is 19.1 Å². The van der Waals surface area contributed by atoms with Gasteiger partial charge in [0, 0.05) is 5.39 Å². The summed E-state index contributed by atoms with van der Waals surface area (Å²) >= 11 is 0. The van der Waals surface area contributed by atoms with Crippen LogP contribution in [0.2, 0.25) is 0 Å². The van der Waals surface area contributed by atoms with E-state index in [1.165, 1.54) is 28.9 Å². The Hall–Kier alpha value is -2.41. The van der Waals surface area contributed by atoms with E-state index < -0.39 is 29.2 Å². The van der Waals surface area contributed by atoms with Crippen molar-refractivity contribution >= 4 is 10.9 Å². The Labute approximate surface area is 154 Å². The predicted molar refractivity (Wildman–Crippen MR) is 94.9 cm³/mol. The standard InChI is InChI=1S/C20H20F4N2O/c1-4-19(13(3)27,14-5-7-15(8-6-14)20(22,23)24)26-18-10-16(21)9-12(2)17(18)11-25-26/h5-11,13,27H,4H2,1-3H3. The van der Waals surface area contributed by atoms with Gasteiger partial charge in [-0.25, -0.2) is 4.39 Å². The van der Waals surface area contributed by atoms with Gasteiger partial charge in [-0.05, 0) is 55.7 Å². The Balaban J connectivity index is 2.26. The zero-order chi connectivity index (χ0) is 20.0. The smallest absolute Gasteiger partial charge is 0.391 e. The van der Waals surface area contributed by atoms with Crippen LogP contribution >= 0.6 is 0 Å². The lowest BCUT2D eigenvalue weighted by atomic mass is 9.82. The molecule has 2 aromatic carbocycles. The lowest BCUT2D eigenvalue weighted by molar-refractivity contribution is -0.137. The second-order valence-corrected chi connectivity index (χ2v) is 6.74. The second kappa shape index (κ2) is 6.64. The molecule has 0 spiro atoms. The van der Waals surface area contributed by atoms with Gasteiger partial charge in [0.25, 0.3) is 0 Å². The fourth-order valence-electron chi connectivity index (χ4n) is 3.71. The van der Waals surface area contributed by atoms with E-state index in [1.807, 2.05) is 6.92 Å². The molecular weight excluding hydrogens is 360 g/mol. The molecule has 0 saturated heterocycles. The number of hydrogen-bond acceptors (Lipinski definition) is 2. The van der Waals surface area contributed by atoms with Crippen molar-refractivity contribution in [1.82, 2.24) is 9.78 Å². The van der Waals surface area contributed by atoms with Crippen LogP contribution in [0.4, 0.5) is 17.6 Å². The Morgan fingerprint density at radius 2 is 1.70 bits per heavy atom. The third-order valence-corrected chi connectivity index (χ3v) is 5.18. The number of fused-ring (bicyclic) bond motifs is 1. The third kappa shape index (κ3) is 3.10. The molecule has 0 radical (unpaired) electrons. The number of aliphatic hydroxyl groups excluding tert-OH is 1. The fraction of sp³-hybridized carbons (Fsp3) is 0.350. The molecule has 0 saturated carbocycles. The highest BCUT2D eigenvalue weighted by atomic mass is 19.4.